The van der Waals surface area contributed by atoms with Crippen LogP contribution in [0.4, 0.5) is 0 Å². The fourth-order valence-corrected chi connectivity index (χ4v) is 2.96. The van der Waals surface area contributed by atoms with E-state index in [1.807, 2.05) is 29.2 Å². The van der Waals surface area contributed by atoms with E-state index in [9.17, 15) is 4.79 Å². The first-order valence-corrected chi connectivity index (χ1v) is 7.78. The van der Waals surface area contributed by atoms with E-state index in [1.165, 1.54) is 11.8 Å². The van der Waals surface area contributed by atoms with Gasteiger partial charge in [0.1, 0.15) is 5.52 Å². The maximum absolute atomic E-state index is 12.1. The van der Waals surface area contributed by atoms with Gasteiger partial charge in [-0.1, -0.05) is 23.9 Å². The molecular formula is C14H17N3O2S. The third kappa shape index (κ3) is 3.13. The molecule has 1 amide bonds. The molecule has 1 fully saturated rings. The molecule has 0 aliphatic carbocycles. The summed E-state index contributed by atoms with van der Waals surface area (Å²) in [6.07, 6.45) is 1.01. The van der Waals surface area contributed by atoms with Crippen LogP contribution in [0.15, 0.2) is 33.9 Å². The number of hydrogen-bond donors (Lipinski definition) is 1. The van der Waals surface area contributed by atoms with Crippen molar-refractivity contribution >= 4 is 28.8 Å². The largest absolute Gasteiger partial charge is 0.431 e. The van der Waals surface area contributed by atoms with Gasteiger partial charge in [0.2, 0.25) is 5.91 Å². The number of thioether (sulfide) groups is 1. The summed E-state index contributed by atoms with van der Waals surface area (Å²) in [5, 5.41) is 3.85. The van der Waals surface area contributed by atoms with E-state index in [4.69, 9.17) is 4.42 Å². The van der Waals surface area contributed by atoms with Crippen LogP contribution in [0.2, 0.25) is 0 Å². The summed E-state index contributed by atoms with van der Waals surface area (Å²) in [5.41, 5.74) is 1.60. The molecule has 0 spiro atoms. The molecule has 0 radical (unpaired) electrons. The van der Waals surface area contributed by atoms with Crippen LogP contribution in [0, 0.1) is 0 Å². The van der Waals surface area contributed by atoms with Crippen LogP contribution in [0.25, 0.3) is 11.1 Å². The van der Waals surface area contributed by atoms with Gasteiger partial charge in [0.15, 0.2) is 5.58 Å². The number of carbonyl (C=O) groups excluding carboxylic acids is 1. The van der Waals surface area contributed by atoms with Crippen molar-refractivity contribution in [3.8, 4) is 0 Å². The lowest BCUT2D eigenvalue weighted by atomic mass is 10.3. The second kappa shape index (κ2) is 6.28. The standard InChI is InChI=1S/C14H17N3O2S/c18-13(17-8-3-6-15-7-9-17)10-20-14-16-11-4-1-2-5-12(11)19-14/h1-2,4-5,15H,3,6-10H2. The zero-order chi connectivity index (χ0) is 13.8. The Morgan fingerprint density at radius 2 is 2.25 bits per heavy atom. The lowest BCUT2D eigenvalue weighted by Gasteiger charge is -2.19. The summed E-state index contributed by atoms with van der Waals surface area (Å²) in [4.78, 5) is 18.4. The van der Waals surface area contributed by atoms with Crippen molar-refractivity contribution in [2.45, 2.75) is 11.6 Å². The number of oxazole rings is 1. The SMILES string of the molecule is O=C(CSc1nc2ccccc2o1)N1CCCNCC1. The minimum atomic E-state index is 0.154. The maximum Gasteiger partial charge on any atom is 0.257 e. The van der Waals surface area contributed by atoms with Crippen molar-refractivity contribution < 1.29 is 9.21 Å². The summed E-state index contributed by atoms with van der Waals surface area (Å²) in [6, 6.07) is 7.63. The number of hydrogen-bond acceptors (Lipinski definition) is 5. The zero-order valence-electron chi connectivity index (χ0n) is 11.2. The molecule has 0 saturated carbocycles. The molecule has 6 heteroatoms. The third-order valence-electron chi connectivity index (χ3n) is 3.29. The molecule has 0 bridgehead atoms. The first kappa shape index (κ1) is 13.5. The Labute approximate surface area is 121 Å². The molecule has 2 heterocycles. The third-order valence-corrected chi connectivity index (χ3v) is 4.10. The highest BCUT2D eigenvalue weighted by Crippen LogP contribution is 2.23. The molecule has 2 aromatic rings. The number of carbonyl (C=O) groups is 1. The summed E-state index contributed by atoms with van der Waals surface area (Å²) in [5.74, 6) is 0.535. The summed E-state index contributed by atoms with van der Waals surface area (Å²) in [6.45, 7) is 3.48. The fourth-order valence-electron chi connectivity index (χ4n) is 2.22. The predicted octanol–water partition coefficient (Wildman–Crippen LogP) is 1.74. The second-order valence-corrected chi connectivity index (χ2v) is 5.65. The number of para-hydroxylation sites is 2. The van der Waals surface area contributed by atoms with Gasteiger partial charge in [0.25, 0.3) is 5.22 Å². The van der Waals surface area contributed by atoms with Crippen molar-refractivity contribution in [2.75, 3.05) is 31.9 Å². The lowest BCUT2D eigenvalue weighted by Crippen LogP contribution is -2.35. The summed E-state index contributed by atoms with van der Waals surface area (Å²) in [7, 11) is 0. The Kier molecular flexibility index (Phi) is 4.22. The summed E-state index contributed by atoms with van der Waals surface area (Å²) >= 11 is 1.37. The van der Waals surface area contributed by atoms with Crippen LogP contribution < -0.4 is 5.32 Å². The van der Waals surface area contributed by atoms with Gasteiger partial charge in [-0.3, -0.25) is 4.79 Å². The molecular weight excluding hydrogens is 274 g/mol. The predicted molar refractivity (Wildman–Crippen MR) is 78.8 cm³/mol. The van der Waals surface area contributed by atoms with Gasteiger partial charge in [0.05, 0.1) is 5.75 Å². The van der Waals surface area contributed by atoms with Crippen molar-refractivity contribution in [1.29, 1.82) is 0 Å². The number of amides is 1. The topological polar surface area (TPSA) is 58.4 Å². The van der Waals surface area contributed by atoms with Crippen LogP contribution in [0.3, 0.4) is 0 Å². The van der Waals surface area contributed by atoms with E-state index in [0.717, 1.165) is 43.7 Å². The monoisotopic (exact) mass is 291 g/mol. The van der Waals surface area contributed by atoms with Crippen LogP contribution in [-0.2, 0) is 4.79 Å². The minimum absolute atomic E-state index is 0.154. The zero-order valence-corrected chi connectivity index (χ0v) is 12.0. The Morgan fingerprint density at radius 3 is 3.15 bits per heavy atom. The number of rotatable bonds is 3. The molecule has 106 valence electrons. The van der Waals surface area contributed by atoms with Crippen molar-refractivity contribution in [3.05, 3.63) is 24.3 Å². The highest BCUT2D eigenvalue weighted by Gasteiger charge is 2.16. The Bertz CT molecular complexity index is 558. The quantitative estimate of drug-likeness (QED) is 0.873. The van der Waals surface area contributed by atoms with Gasteiger partial charge in [-0.05, 0) is 25.1 Å². The molecule has 1 aromatic heterocycles. The van der Waals surface area contributed by atoms with Gasteiger partial charge in [-0.15, -0.1) is 0 Å². The number of fused-ring (bicyclic) bond motifs is 1. The van der Waals surface area contributed by atoms with Crippen molar-refractivity contribution in [3.63, 3.8) is 0 Å². The molecule has 1 N–H and O–H groups in total. The lowest BCUT2D eigenvalue weighted by molar-refractivity contribution is -0.128. The molecule has 1 saturated heterocycles. The van der Waals surface area contributed by atoms with E-state index in [-0.39, 0.29) is 5.91 Å². The first-order valence-electron chi connectivity index (χ1n) is 6.80. The smallest absolute Gasteiger partial charge is 0.257 e. The number of nitrogens with one attached hydrogen (secondary N) is 1. The van der Waals surface area contributed by atoms with E-state index in [0.29, 0.717) is 11.0 Å². The van der Waals surface area contributed by atoms with Crippen molar-refractivity contribution in [1.82, 2.24) is 15.2 Å². The Balaban J connectivity index is 1.59. The van der Waals surface area contributed by atoms with Gasteiger partial charge in [-0.25, -0.2) is 4.98 Å². The normalized spacial score (nSPS) is 16.3. The van der Waals surface area contributed by atoms with Gasteiger partial charge in [-0.2, -0.15) is 0 Å². The van der Waals surface area contributed by atoms with E-state index in [2.05, 4.69) is 10.3 Å². The number of nitrogens with zero attached hydrogens (tertiary/aromatic N) is 2. The van der Waals surface area contributed by atoms with E-state index in [1.54, 1.807) is 0 Å². The Hall–Kier alpha value is -1.53. The number of benzene rings is 1. The molecule has 0 unspecified atom stereocenters. The molecule has 1 aliphatic heterocycles. The molecule has 1 aromatic carbocycles. The molecule has 1 aliphatic rings. The van der Waals surface area contributed by atoms with Crippen LogP contribution in [0.1, 0.15) is 6.42 Å². The summed E-state index contributed by atoms with van der Waals surface area (Å²) < 4.78 is 5.60. The molecule has 0 atom stereocenters. The highest BCUT2D eigenvalue weighted by molar-refractivity contribution is 7.99. The van der Waals surface area contributed by atoms with Crippen LogP contribution in [0.5, 0.6) is 0 Å². The maximum atomic E-state index is 12.1. The van der Waals surface area contributed by atoms with Gasteiger partial charge >= 0.3 is 0 Å². The van der Waals surface area contributed by atoms with Crippen LogP contribution in [-0.4, -0.2) is 47.7 Å². The van der Waals surface area contributed by atoms with E-state index < -0.39 is 0 Å². The molecule has 5 nitrogen and oxygen atoms in total. The van der Waals surface area contributed by atoms with Gasteiger partial charge < -0.3 is 14.6 Å². The fraction of sp³-hybridized carbons (Fsp3) is 0.429. The van der Waals surface area contributed by atoms with E-state index >= 15 is 0 Å². The van der Waals surface area contributed by atoms with Crippen molar-refractivity contribution in [2.24, 2.45) is 0 Å². The average molecular weight is 291 g/mol. The highest BCUT2D eigenvalue weighted by atomic mass is 32.2. The molecule has 3 rings (SSSR count). The van der Waals surface area contributed by atoms with Crippen LogP contribution >= 0.6 is 11.8 Å². The number of aromatic nitrogens is 1. The first-order chi connectivity index (χ1) is 9.83. The minimum Gasteiger partial charge on any atom is -0.431 e. The molecule has 20 heavy (non-hydrogen) atoms. The van der Waals surface area contributed by atoms with Gasteiger partial charge in [0, 0.05) is 19.6 Å². The Morgan fingerprint density at radius 1 is 1.35 bits per heavy atom. The average Bonchev–Trinajstić information content (AvgIpc) is 2.69. The second-order valence-electron chi connectivity index (χ2n) is 4.72.